The summed E-state index contributed by atoms with van der Waals surface area (Å²) >= 11 is 0. The summed E-state index contributed by atoms with van der Waals surface area (Å²) in [6.07, 6.45) is 1.86. The molecule has 0 aliphatic heterocycles. The van der Waals surface area contributed by atoms with Gasteiger partial charge in [0.1, 0.15) is 11.5 Å². The molecule has 0 saturated carbocycles. The molecule has 0 bridgehead atoms. The third-order valence-electron chi connectivity index (χ3n) is 2.41. The number of hydrogen-bond donors (Lipinski definition) is 2. The highest BCUT2D eigenvalue weighted by atomic mass is 15.1. The molecule has 2 aromatic heterocycles. The molecule has 0 fully saturated rings. The van der Waals surface area contributed by atoms with Gasteiger partial charge >= 0.3 is 0 Å². The van der Waals surface area contributed by atoms with Gasteiger partial charge in [0, 0.05) is 6.20 Å². The predicted molar refractivity (Wildman–Crippen MR) is 55.7 cm³/mol. The van der Waals surface area contributed by atoms with Gasteiger partial charge in [0.2, 0.25) is 0 Å². The largest absolute Gasteiger partial charge is 0.382 e. The minimum atomic E-state index is 0.498. The predicted octanol–water partition coefficient (Wildman–Crippen LogP) is 1.67. The Morgan fingerprint density at radius 1 is 1.21 bits per heavy atom. The Bertz CT molecular complexity index is 445. The van der Waals surface area contributed by atoms with E-state index in [1.807, 2.05) is 32.2 Å². The molecule has 0 aromatic carbocycles. The molecule has 0 unspecified atom stereocenters. The monoisotopic (exact) mass is 188 g/mol. The lowest BCUT2D eigenvalue weighted by Gasteiger charge is -2.06. The van der Waals surface area contributed by atoms with Gasteiger partial charge in [0.25, 0.3) is 0 Å². The first-order valence-corrected chi connectivity index (χ1v) is 4.43. The molecule has 72 valence electrons. The Morgan fingerprint density at radius 3 is 2.64 bits per heavy atom. The summed E-state index contributed by atoms with van der Waals surface area (Å²) in [6.45, 7) is 3.95. The maximum Gasteiger partial charge on any atom is 0.149 e. The third-order valence-corrected chi connectivity index (χ3v) is 2.41. The first-order valence-electron chi connectivity index (χ1n) is 4.43. The molecule has 4 heteroatoms. The summed E-state index contributed by atoms with van der Waals surface area (Å²) in [7, 11) is 0. The molecule has 0 amide bonds. The molecule has 2 aromatic rings. The van der Waals surface area contributed by atoms with Crippen molar-refractivity contribution in [1.29, 1.82) is 0 Å². The molecule has 3 N–H and O–H groups in total. The first-order chi connectivity index (χ1) is 6.70. The summed E-state index contributed by atoms with van der Waals surface area (Å²) in [6, 6.07) is 3.90. The molecule has 2 rings (SSSR count). The van der Waals surface area contributed by atoms with Crippen LogP contribution in [-0.4, -0.2) is 15.2 Å². The van der Waals surface area contributed by atoms with Crippen LogP contribution < -0.4 is 5.73 Å². The van der Waals surface area contributed by atoms with Crippen molar-refractivity contribution in [2.45, 2.75) is 13.8 Å². The summed E-state index contributed by atoms with van der Waals surface area (Å²) in [5.41, 5.74) is 9.55. The van der Waals surface area contributed by atoms with Crippen LogP contribution in [0.2, 0.25) is 0 Å². The van der Waals surface area contributed by atoms with E-state index in [0.29, 0.717) is 5.82 Å². The van der Waals surface area contributed by atoms with Crippen molar-refractivity contribution < 1.29 is 0 Å². The van der Waals surface area contributed by atoms with Gasteiger partial charge < -0.3 is 10.7 Å². The number of nitrogens with two attached hydrogens (primary N) is 1. The first kappa shape index (κ1) is 8.74. The maximum absolute atomic E-state index is 5.66. The summed E-state index contributed by atoms with van der Waals surface area (Å²) in [5, 5.41) is 7.98. The SMILES string of the molecule is Cc1c(N)nnc(-c2ccc[nH]2)c1C. The van der Waals surface area contributed by atoms with Gasteiger partial charge in [-0.05, 0) is 37.1 Å². The highest BCUT2D eigenvalue weighted by Gasteiger charge is 2.09. The molecule has 0 aliphatic carbocycles. The van der Waals surface area contributed by atoms with Crippen LogP contribution in [0.25, 0.3) is 11.4 Å². The molecule has 0 radical (unpaired) electrons. The highest BCUT2D eigenvalue weighted by Crippen LogP contribution is 2.22. The van der Waals surface area contributed by atoms with Crippen molar-refractivity contribution in [3.63, 3.8) is 0 Å². The minimum Gasteiger partial charge on any atom is -0.382 e. The lowest BCUT2D eigenvalue weighted by atomic mass is 10.1. The molecule has 14 heavy (non-hydrogen) atoms. The van der Waals surface area contributed by atoms with E-state index in [1.165, 1.54) is 0 Å². The number of rotatable bonds is 1. The van der Waals surface area contributed by atoms with Gasteiger partial charge in [-0.15, -0.1) is 10.2 Å². The Balaban J connectivity index is 2.61. The standard InChI is InChI=1S/C10H12N4/c1-6-7(2)10(11)14-13-9(6)8-4-3-5-12-8/h3-5,12H,1-2H3,(H2,11,14). The summed E-state index contributed by atoms with van der Waals surface area (Å²) in [5.74, 6) is 0.498. The van der Waals surface area contributed by atoms with Crippen molar-refractivity contribution in [2.24, 2.45) is 0 Å². The zero-order valence-corrected chi connectivity index (χ0v) is 8.20. The fourth-order valence-corrected chi connectivity index (χ4v) is 1.36. The van der Waals surface area contributed by atoms with Crippen LogP contribution >= 0.6 is 0 Å². The van der Waals surface area contributed by atoms with Crippen LogP contribution in [-0.2, 0) is 0 Å². The topological polar surface area (TPSA) is 67.6 Å². The van der Waals surface area contributed by atoms with Crippen molar-refractivity contribution in [2.75, 3.05) is 5.73 Å². The van der Waals surface area contributed by atoms with Crippen LogP contribution in [0.1, 0.15) is 11.1 Å². The van der Waals surface area contributed by atoms with E-state index < -0.39 is 0 Å². The maximum atomic E-state index is 5.66. The highest BCUT2D eigenvalue weighted by molar-refractivity contribution is 5.62. The third kappa shape index (κ3) is 1.25. The molecule has 4 nitrogen and oxygen atoms in total. The molecule has 0 aliphatic rings. The van der Waals surface area contributed by atoms with Gasteiger partial charge in [0.15, 0.2) is 0 Å². The Hall–Kier alpha value is -1.84. The lowest BCUT2D eigenvalue weighted by molar-refractivity contribution is 1.01. The summed E-state index contributed by atoms with van der Waals surface area (Å²) < 4.78 is 0. The number of nitrogen functional groups attached to an aromatic ring is 1. The fraction of sp³-hybridized carbons (Fsp3) is 0.200. The summed E-state index contributed by atoms with van der Waals surface area (Å²) in [4.78, 5) is 3.10. The average Bonchev–Trinajstić information content (AvgIpc) is 2.67. The second-order valence-electron chi connectivity index (χ2n) is 3.27. The Morgan fingerprint density at radius 2 is 2.00 bits per heavy atom. The van der Waals surface area contributed by atoms with E-state index in [9.17, 15) is 0 Å². The average molecular weight is 188 g/mol. The Labute approximate surface area is 82.2 Å². The Kier molecular flexibility index (Phi) is 1.96. The lowest BCUT2D eigenvalue weighted by Crippen LogP contribution is -2.02. The van der Waals surface area contributed by atoms with Gasteiger partial charge in [-0.3, -0.25) is 0 Å². The molecule has 0 saturated heterocycles. The quantitative estimate of drug-likeness (QED) is 0.715. The minimum absolute atomic E-state index is 0.498. The van der Waals surface area contributed by atoms with E-state index in [2.05, 4.69) is 15.2 Å². The van der Waals surface area contributed by atoms with E-state index in [-0.39, 0.29) is 0 Å². The smallest absolute Gasteiger partial charge is 0.149 e. The molecular formula is C10H12N4. The van der Waals surface area contributed by atoms with Gasteiger partial charge in [0.05, 0.1) is 5.69 Å². The van der Waals surface area contributed by atoms with Crippen molar-refractivity contribution in [3.05, 3.63) is 29.5 Å². The van der Waals surface area contributed by atoms with E-state index in [4.69, 9.17) is 5.73 Å². The molecule has 0 spiro atoms. The van der Waals surface area contributed by atoms with Crippen LogP contribution in [0.5, 0.6) is 0 Å². The number of aromatic nitrogens is 3. The number of nitrogens with zero attached hydrogens (tertiary/aromatic N) is 2. The van der Waals surface area contributed by atoms with E-state index in [0.717, 1.165) is 22.5 Å². The van der Waals surface area contributed by atoms with Crippen molar-refractivity contribution in [1.82, 2.24) is 15.2 Å². The number of anilines is 1. The number of nitrogens with one attached hydrogen (secondary N) is 1. The number of H-pyrrole nitrogens is 1. The van der Waals surface area contributed by atoms with E-state index >= 15 is 0 Å². The second-order valence-corrected chi connectivity index (χ2v) is 3.27. The van der Waals surface area contributed by atoms with Crippen molar-refractivity contribution >= 4 is 5.82 Å². The van der Waals surface area contributed by atoms with Crippen LogP contribution in [0.4, 0.5) is 5.82 Å². The van der Waals surface area contributed by atoms with Gasteiger partial charge in [-0.1, -0.05) is 0 Å². The van der Waals surface area contributed by atoms with Gasteiger partial charge in [-0.25, -0.2) is 0 Å². The van der Waals surface area contributed by atoms with Crippen LogP contribution in [0.15, 0.2) is 18.3 Å². The fourth-order valence-electron chi connectivity index (χ4n) is 1.36. The normalized spacial score (nSPS) is 10.4. The van der Waals surface area contributed by atoms with Crippen LogP contribution in [0.3, 0.4) is 0 Å². The second kappa shape index (κ2) is 3.14. The zero-order valence-electron chi connectivity index (χ0n) is 8.20. The van der Waals surface area contributed by atoms with Gasteiger partial charge in [-0.2, -0.15) is 0 Å². The zero-order chi connectivity index (χ0) is 10.1. The van der Waals surface area contributed by atoms with Crippen molar-refractivity contribution in [3.8, 4) is 11.4 Å². The molecular weight excluding hydrogens is 176 g/mol. The van der Waals surface area contributed by atoms with E-state index in [1.54, 1.807) is 0 Å². The number of hydrogen-bond acceptors (Lipinski definition) is 3. The van der Waals surface area contributed by atoms with Crippen LogP contribution in [0, 0.1) is 13.8 Å². The molecule has 0 atom stereocenters. The molecule has 2 heterocycles. The number of aromatic amines is 1.